The third-order valence-corrected chi connectivity index (χ3v) is 3.14. The first-order chi connectivity index (χ1) is 9.90. The van der Waals surface area contributed by atoms with Crippen LogP contribution < -0.4 is 0 Å². The van der Waals surface area contributed by atoms with E-state index in [2.05, 4.69) is 4.98 Å². The van der Waals surface area contributed by atoms with E-state index in [0.717, 1.165) is 10.9 Å². The molecule has 0 spiro atoms. The molecule has 1 aromatic heterocycles. The summed E-state index contributed by atoms with van der Waals surface area (Å²) in [6.45, 7) is 0. The number of nitro groups is 1. The lowest BCUT2D eigenvalue weighted by Crippen LogP contribution is -2.42. The maximum absolute atomic E-state index is 12.0. The molecular weight excluding hydrogens is 280 g/mol. The van der Waals surface area contributed by atoms with Crippen molar-refractivity contribution in [1.82, 2.24) is 4.98 Å². The maximum atomic E-state index is 12.0. The standard InChI is InChI=1S/C13H14N2O6/c16-10(6-11(17)12(18)13(19)15(20)21)9-5-7-3-1-2-4-8(7)14-9/h1-5,11-14,17-19H,6H2/t11-,12-,13?/m0/s1. The Labute approximate surface area is 118 Å². The summed E-state index contributed by atoms with van der Waals surface area (Å²) in [6.07, 6.45) is -6.65. The first kappa shape index (κ1) is 15.1. The number of aliphatic hydroxyl groups excluding tert-OH is 3. The van der Waals surface area contributed by atoms with Crippen LogP contribution in [0.5, 0.6) is 0 Å². The summed E-state index contributed by atoms with van der Waals surface area (Å²) in [5.41, 5.74) is 0.958. The summed E-state index contributed by atoms with van der Waals surface area (Å²) in [7, 11) is 0. The normalized spacial score (nSPS) is 15.6. The molecule has 1 aromatic carbocycles. The molecule has 0 aliphatic carbocycles. The van der Waals surface area contributed by atoms with Gasteiger partial charge in [0.2, 0.25) is 0 Å². The number of nitrogens with zero attached hydrogens (tertiary/aromatic N) is 1. The van der Waals surface area contributed by atoms with Crippen LogP contribution in [0.3, 0.4) is 0 Å². The Bertz CT molecular complexity index is 634. The predicted octanol–water partition coefficient (Wildman–Crippen LogP) is 0.0576. The van der Waals surface area contributed by atoms with E-state index < -0.39 is 35.6 Å². The van der Waals surface area contributed by atoms with E-state index in [1.807, 2.05) is 0 Å². The Hall–Kier alpha value is -2.29. The second-order valence-corrected chi connectivity index (χ2v) is 4.65. The number of hydrogen-bond acceptors (Lipinski definition) is 6. The summed E-state index contributed by atoms with van der Waals surface area (Å²) in [4.78, 5) is 24.0. The van der Waals surface area contributed by atoms with Crippen molar-refractivity contribution in [1.29, 1.82) is 0 Å². The number of H-pyrrole nitrogens is 1. The lowest BCUT2D eigenvalue weighted by Gasteiger charge is -2.16. The minimum Gasteiger partial charge on any atom is -0.390 e. The van der Waals surface area contributed by atoms with Crippen molar-refractivity contribution in [2.75, 3.05) is 0 Å². The van der Waals surface area contributed by atoms with Gasteiger partial charge in [-0.2, -0.15) is 0 Å². The molecule has 8 nitrogen and oxygen atoms in total. The van der Waals surface area contributed by atoms with Gasteiger partial charge in [0.25, 0.3) is 0 Å². The summed E-state index contributed by atoms with van der Waals surface area (Å²) in [6, 6.07) is 8.74. The number of Topliss-reactive ketones (excluding diaryl/α,β-unsaturated/α-hetero) is 1. The highest BCUT2D eigenvalue weighted by atomic mass is 16.7. The second-order valence-electron chi connectivity index (χ2n) is 4.65. The van der Waals surface area contributed by atoms with Crippen LogP contribution in [0.4, 0.5) is 0 Å². The van der Waals surface area contributed by atoms with Crippen LogP contribution in [0.25, 0.3) is 10.9 Å². The lowest BCUT2D eigenvalue weighted by molar-refractivity contribution is -0.585. The molecule has 1 heterocycles. The summed E-state index contributed by atoms with van der Waals surface area (Å²) in [5, 5.41) is 39.1. The van der Waals surface area contributed by atoms with Crippen molar-refractivity contribution in [3.05, 3.63) is 46.1 Å². The van der Waals surface area contributed by atoms with E-state index in [0.29, 0.717) is 0 Å². The third-order valence-electron chi connectivity index (χ3n) is 3.14. The molecule has 0 amide bonds. The zero-order chi connectivity index (χ0) is 15.6. The molecule has 0 aliphatic rings. The van der Waals surface area contributed by atoms with Crippen molar-refractivity contribution in [3.8, 4) is 0 Å². The molecule has 0 bridgehead atoms. The molecule has 3 atom stereocenters. The number of carbonyl (C=O) groups is 1. The minimum atomic E-state index is -2.34. The van der Waals surface area contributed by atoms with Gasteiger partial charge in [-0.15, -0.1) is 0 Å². The number of benzene rings is 1. The topological polar surface area (TPSA) is 137 Å². The van der Waals surface area contributed by atoms with E-state index in [4.69, 9.17) is 5.11 Å². The van der Waals surface area contributed by atoms with E-state index in [1.165, 1.54) is 0 Å². The SMILES string of the molecule is O=C(C[C@H](O)[C@H](O)C(O)[N+](=O)[O-])c1cc2ccccc2[nH]1. The highest BCUT2D eigenvalue weighted by Crippen LogP contribution is 2.17. The predicted molar refractivity (Wildman–Crippen MR) is 72.3 cm³/mol. The molecule has 2 aromatic rings. The molecular formula is C13H14N2O6. The highest BCUT2D eigenvalue weighted by Gasteiger charge is 2.34. The Morgan fingerprint density at radius 1 is 1.29 bits per heavy atom. The van der Waals surface area contributed by atoms with Crippen LogP contribution in [-0.2, 0) is 0 Å². The number of aromatic amines is 1. The second kappa shape index (κ2) is 6.00. The fraction of sp³-hybridized carbons (Fsp3) is 0.308. The van der Waals surface area contributed by atoms with Crippen LogP contribution in [0.1, 0.15) is 16.9 Å². The summed E-state index contributed by atoms with van der Waals surface area (Å²) >= 11 is 0. The van der Waals surface area contributed by atoms with Gasteiger partial charge in [0.1, 0.15) is 0 Å². The number of hydrogen-bond donors (Lipinski definition) is 4. The molecule has 112 valence electrons. The van der Waals surface area contributed by atoms with Gasteiger partial charge in [0.05, 0.1) is 16.7 Å². The summed E-state index contributed by atoms with van der Waals surface area (Å²) < 4.78 is 0. The number of aliphatic hydroxyl groups is 3. The smallest absolute Gasteiger partial charge is 0.341 e. The third kappa shape index (κ3) is 3.24. The average molecular weight is 294 g/mol. The van der Waals surface area contributed by atoms with Crippen LogP contribution >= 0.6 is 0 Å². The van der Waals surface area contributed by atoms with Crippen LogP contribution in [0.2, 0.25) is 0 Å². The molecule has 0 radical (unpaired) electrons. The molecule has 21 heavy (non-hydrogen) atoms. The fourth-order valence-electron chi connectivity index (χ4n) is 1.97. The lowest BCUT2D eigenvalue weighted by atomic mass is 10.0. The number of para-hydroxylation sites is 1. The van der Waals surface area contributed by atoms with Crippen molar-refractivity contribution in [2.24, 2.45) is 0 Å². The van der Waals surface area contributed by atoms with Crippen LogP contribution in [0.15, 0.2) is 30.3 Å². The molecule has 0 fully saturated rings. The van der Waals surface area contributed by atoms with Crippen molar-refractivity contribution in [3.63, 3.8) is 0 Å². The quantitative estimate of drug-likeness (QED) is 0.257. The Kier molecular flexibility index (Phi) is 4.32. The Morgan fingerprint density at radius 2 is 1.95 bits per heavy atom. The maximum Gasteiger partial charge on any atom is 0.341 e. The summed E-state index contributed by atoms with van der Waals surface area (Å²) in [5.74, 6) is -0.520. The van der Waals surface area contributed by atoms with Crippen molar-refractivity contribution < 1.29 is 25.0 Å². The molecule has 0 saturated heterocycles. The van der Waals surface area contributed by atoms with Gasteiger partial charge in [-0.25, -0.2) is 0 Å². The average Bonchev–Trinajstić information content (AvgIpc) is 2.89. The van der Waals surface area contributed by atoms with Gasteiger partial charge in [-0.05, 0) is 12.1 Å². The molecule has 8 heteroatoms. The minimum absolute atomic E-state index is 0.220. The number of aromatic nitrogens is 1. The van der Waals surface area contributed by atoms with Gasteiger partial charge in [-0.1, -0.05) is 18.2 Å². The highest BCUT2D eigenvalue weighted by molar-refractivity contribution is 5.99. The van der Waals surface area contributed by atoms with Crippen LogP contribution in [-0.4, -0.2) is 49.4 Å². The van der Waals surface area contributed by atoms with Gasteiger partial charge in [-0.3, -0.25) is 14.9 Å². The molecule has 4 N–H and O–H groups in total. The first-order valence-corrected chi connectivity index (χ1v) is 6.19. The van der Waals surface area contributed by atoms with Crippen molar-refractivity contribution >= 4 is 16.7 Å². The zero-order valence-corrected chi connectivity index (χ0v) is 10.8. The Morgan fingerprint density at radius 3 is 2.57 bits per heavy atom. The molecule has 2 rings (SSSR count). The van der Waals surface area contributed by atoms with Gasteiger partial charge in [0, 0.05) is 17.3 Å². The number of rotatable bonds is 6. The van der Waals surface area contributed by atoms with E-state index >= 15 is 0 Å². The molecule has 0 aliphatic heterocycles. The number of carbonyl (C=O) groups excluding carboxylic acids is 1. The number of fused-ring (bicyclic) bond motifs is 1. The number of nitrogens with one attached hydrogen (secondary N) is 1. The van der Waals surface area contributed by atoms with E-state index in [-0.39, 0.29) is 5.69 Å². The monoisotopic (exact) mass is 294 g/mol. The van der Waals surface area contributed by atoms with Gasteiger partial charge >= 0.3 is 6.23 Å². The fourth-order valence-corrected chi connectivity index (χ4v) is 1.97. The van der Waals surface area contributed by atoms with E-state index in [9.17, 15) is 25.1 Å². The van der Waals surface area contributed by atoms with Crippen molar-refractivity contribution in [2.45, 2.75) is 24.9 Å². The zero-order valence-electron chi connectivity index (χ0n) is 10.8. The first-order valence-electron chi connectivity index (χ1n) is 6.19. The number of ketones is 1. The largest absolute Gasteiger partial charge is 0.390 e. The van der Waals surface area contributed by atoms with Crippen LogP contribution in [0, 0.1) is 10.1 Å². The Balaban J connectivity index is 2.08. The van der Waals surface area contributed by atoms with Gasteiger partial charge in [0.15, 0.2) is 11.9 Å². The molecule has 1 unspecified atom stereocenters. The molecule has 0 saturated carbocycles. The van der Waals surface area contributed by atoms with Gasteiger partial charge < -0.3 is 20.3 Å². The van der Waals surface area contributed by atoms with E-state index in [1.54, 1.807) is 30.3 Å².